The van der Waals surface area contributed by atoms with E-state index in [9.17, 15) is 0 Å². The number of rotatable bonds is 12. The van der Waals surface area contributed by atoms with Gasteiger partial charge < -0.3 is 4.74 Å². The Kier molecular flexibility index (Phi) is 12.2. The van der Waals surface area contributed by atoms with E-state index in [2.05, 4.69) is 69.2 Å². The third kappa shape index (κ3) is 7.44. The molecule has 1 nitrogen and oxygen atoms in total. The van der Waals surface area contributed by atoms with Crippen molar-refractivity contribution in [1.82, 2.24) is 0 Å². The molecule has 0 bridgehead atoms. The predicted molar refractivity (Wildman–Crippen MR) is 235 cm³/mol. The van der Waals surface area contributed by atoms with Crippen molar-refractivity contribution in [2.24, 2.45) is 105 Å². The molecule has 0 aliphatic heterocycles. The number of ether oxygens (including phenoxy) is 1. The Labute approximate surface area is 343 Å². The zero-order valence-corrected chi connectivity index (χ0v) is 38.6. The molecule has 0 unspecified atom stereocenters. The molecule has 18 atom stereocenters. The highest BCUT2D eigenvalue weighted by Gasteiger charge is 2.63. The van der Waals surface area contributed by atoms with Gasteiger partial charge in [-0.2, -0.15) is 0 Å². The molecule has 0 radical (unpaired) electrons. The summed E-state index contributed by atoms with van der Waals surface area (Å²) in [6.45, 7) is 26.1. The smallest absolute Gasteiger partial charge is 0.0582 e. The van der Waals surface area contributed by atoms with Crippen molar-refractivity contribution in [3.63, 3.8) is 0 Å². The minimum atomic E-state index is 0.546. The van der Waals surface area contributed by atoms with Crippen molar-refractivity contribution in [1.29, 1.82) is 0 Å². The molecule has 8 fully saturated rings. The summed E-state index contributed by atoms with van der Waals surface area (Å²) in [6.07, 6.45) is 36.6. The number of hydrogen-bond donors (Lipinski definition) is 0. The van der Waals surface area contributed by atoms with E-state index in [1.54, 1.807) is 12.8 Å². The second kappa shape index (κ2) is 16.1. The zero-order valence-electron chi connectivity index (χ0n) is 38.6. The van der Waals surface area contributed by atoms with Crippen molar-refractivity contribution in [2.75, 3.05) is 0 Å². The van der Waals surface area contributed by atoms with Crippen molar-refractivity contribution in [2.45, 2.75) is 236 Å². The lowest BCUT2D eigenvalue weighted by molar-refractivity contribution is -0.168. The van der Waals surface area contributed by atoms with Crippen LogP contribution in [0.4, 0.5) is 0 Å². The Balaban J connectivity index is 0.840. The third-order valence-electron chi connectivity index (χ3n) is 22.0. The molecule has 8 aliphatic carbocycles. The van der Waals surface area contributed by atoms with Crippen LogP contribution in [0.3, 0.4) is 0 Å². The van der Waals surface area contributed by atoms with Crippen LogP contribution in [-0.2, 0) is 4.74 Å². The first-order chi connectivity index (χ1) is 26.2. The fourth-order valence-electron chi connectivity index (χ4n) is 19.0. The fraction of sp³-hybridized carbons (Fsp3) is 1.00. The molecule has 0 aromatic rings. The van der Waals surface area contributed by atoms with Crippen LogP contribution in [0.2, 0.25) is 0 Å². The molecule has 0 heterocycles. The average Bonchev–Trinajstić information content (AvgIpc) is 3.68. The highest BCUT2D eigenvalue weighted by atomic mass is 16.5. The summed E-state index contributed by atoms with van der Waals surface area (Å²) >= 11 is 0. The molecular formula is C54H94O. The van der Waals surface area contributed by atoms with Gasteiger partial charge in [0.25, 0.3) is 0 Å². The highest BCUT2D eigenvalue weighted by molar-refractivity contribution is 5.12. The summed E-state index contributed by atoms with van der Waals surface area (Å²) in [5.41, 5.74) is 2.40. The molecule has 8 aliphatic rings. The minimum Gasteiger partial charge on any atom is -0.375 e. The normalized spacial score (nSPS) is 50.4. The quantitative estimate of drug-likeness (QED) is 0.193. The Morgan fingerprint density at radius 3 is 1.20 bits per heavy atom. The predicted octanol–water partition coefficient (Wildman–Crippen LogP) is 16.0. The van der Waals surface area contributed by atoms with Gasteiger partial charge in [-0.15, -0.1) is 0 Å². The molecule has 0 aromatic carbocycles. The maximum atomic E-state index is 7.34. The van der Waals surface area contributed by atoms with Gasteiger partial charge in [0.05, 0.1) is 12.2 Å². The Hall–Kier alpha value is -0.0400. The van der Waals surface area contributed by atoms with Gasteiger partial charge in [0.1, 0.15) is 0 Å². The van der Waals surface area contributed by atoms with E-state index < -0.39 is 0 Å². The molecule has 55 heavy (non-hydrogen) atoms. The van der Waals surface area contributed by atoms with Crippen LogP contribution in [0.25, 0.3) is 0 Å². The molecular weight excluding hydrogens is 665 g/mol. The van der Waals surface area contributed by atoms with Crippen LogP contribution in [-0.4, -0.2) is 12.2 Å². The lowest BCUT2D eigenvalue weighted by Gasteiger charge is -2.62. The van der Waals surface area contributed by atoms with E-state index in [-0.39, 0.29) is 0 Å². The molecule has 0 spiro atoms. The molecule has 0 amide bonds. The fourth-order valence-corrected chi connectivity index (χ4v) is 19.0. The first kappa shape index (κ1) is 41.7. The van der Waals surface area contributed by atoms with Crippen molar-refractivity contribution in [3.05, 3.63) is 0 Å². The molecule has 8 saturated carbocycles. The van der Waals surface area contributed by atoms with Gasteiger partial charge >= 0.3 is 0 Å². The largest absolute Gasteiger partial charge is 0.375 e. The van der Waals surface area contributed by atoms with Crippen molar-refractivity contribution >= 4 is 0 Å². The average molecular weight is 759 g/mol. The highest BCUT2D eigenvalue weighted by Crippen LogP contribution is 2.70. The van der Waals surface area contributed by atoms with Crippen LogP contribution in [0.5, 0.6) is 0 Å². The van der Waals surface area contributed by atoms with E-state index in [4.69, 9.17) is 4.74 Å². The molecule has 0 saturated heterocycles. The summed E-state index contributed by atoms with van der Waals surface area (Å²) in [6, 6.07) is 0. The van der Waals surface area contributed by atoms with Crippen LogP contribution in [0.1, 0.15) is 223 Å². The second-order valence-corrected chi connectivity index (χ2v) is 25.3. The van der Waals surface area contributed by atoms with Gasteiger partial charge in [-0.05, 0) is 220 Å². The zero-order chi connectivity index (χ0) is 38.9. The summed E-state index contributed by atoms with van der Waals surface area (Å²) < 4.78 is 7.34. The monoisotopic (exact) mass is 759 g/mol. The molecule has 316 valence electrons. The van der Waals surface area contributed by atoms with Gasteiger partial charge in [-0.25, -0.2) is 0 Å². The standard InChI is InChI=1S/C54H94O/c1-35(2)13-11-15-37(5)45-21-23-47-43-19-17-39-33-41(25-29-51(39,7)49(43)27-31-53(45,47)9)55-42-26-30-52(8)40(34-42)18-20-44-48-24-22-46(38(6)16-12-14-36(3)4)54(48,10)32-28-50(44)52/h35-50H,11-34H2,1-10H3/t37-,38-,39+,40+,41-,42-,43+,44+,45-,46+,47-,48-,49-,50+,51+,52+,53+,54-/m1/s1. The van der Waals surface area contributed by atoms with Gasteiger partial charge in [0.2, 0.25) is 0 Å². The lowest BCUT2D eigenvalue weighted by atomic mass is 9.44. The molecule has 0 N–H and O–H groups in total. The molecule has 8 rings (SSSR count). The van der Waals surface area contributed by atoms with Crippen LogP contribution in [0.15, 0.2) is 0 Å². The van der Waals surface area contributed by atoms with E-state index in [0.717, 1.165) is 82.9 Å². The van der Waals surface area contributed by atoms with Crippen LogP contribution in [0, 0.1) is 105 Å². The topological polar surface area (TPSA) is 9.23 Å². The molecule has 0 aromatic heterocycles. The van der Waals surface area contributed by atoms with E-state index >= 15 is 0 Å². The maximum absolute atomic E-state index is 7.34. The van der Waals surface area contributed by atoms with Gasteiger partial charge in [0.15, 0.2) is 0 Å². The first-order valence-corrected chi connectivity index (χ1v) is 25.8. The maximum Gasteiger partial charge on any atom is 0.0582 e. The number of fused-ring (bicyclic) bond motifs is 10. The Bertz CT molecular complexity index is 1190. The minimum absolute atomic E-state index is 0.546. The van der Waals surface area contributed by atoms with E-state index in [1.807, 2.05) is 0 Å². The SMILES string of the molecule is CC(C)CCC[C@@H](C)[C@H]1CC[C@@H]2[C@@H]3CC[C@H]4C[C@H](O[C@@H]5CC[C@@]6(C)[C@@H](CC[C@H]7[C@H]8CC[C@@H]([C@H](C)CCCC(C)C)[C@@]8(C)CC[C@@H]76)C5)CC[C@]4(C)[C@@H]3CC[C@]21C. The van der Waals surface area contributed by atoms with E-state index in [0.29, 0.717) is 33.9 Å². The summed E-state index contributed by atoms with van der Waals surface area (Å²) in [4.78, 5) is 0. The Morgan fingerprint density at radius 2 is 0.800 bits per heavy atom. The summed E-state index contributed by atoms with van der Waals surface area (Å²) in [5.74, 6) is 13.4. The summed E-state index contributed by atoms with van der Waals surface area (Å²) in [5, 5.41) is 0. The summed E-state index contributed by atoms with van der Waals surface area (Å²) in [7, 11) is 0. The molecule has 1 heteroatoms. The number of hydrogen-bond acceptors (Lipinski definition) is 1. The van der Waals surface area contributed by atoms with Crippen molar-refractivity contribution in [3.8, 4) is 0 Å². The van der Waals surface area contributed by atoms with Crippen LogP contribution >= 0.6 is 0 Å². The van der Waals surface area contributed by atoms with Crippen LogP contribution < -0.4 is 0 Å². The Morgan fingerprint density at radius 1 is 0.418 bits per heavy atom. The van der Waals surface area contributed by atoms with E-state index in [1.165, 1.54) is 141 Å². The second-order valence-electron chi connectivity index (χ2n) is 25.3. The lowest BCUT2D eigenvalue weighted by Crippen LogP contribution is -2.55. The van der Waals surface area contributed by atoms with Crippen molar-refractivity contribution < 1.29 is 4.74 Å². The third-order valence-corrected chi connectivity index (χ3v) is 22.0. The van der Waals surface area contributed by atoms with Gasteiger partial charge in [0, 0.05) is 0 Å². The van der Waals surface area contributed by atoms with Gasteiger partial charge in [-0.3, -0.25) is 0 Å². The van der Waals surface area contributed by atoms with Gasteiger partial charge in [-0.1, -0.05) is 108 Å². The first-order valence-electron chi connectivity index (χ1n) is 25.8.